The van der Waals surface area contributed by atoms with Crippen LogP contribution in [0.4, 0.5) is 4.79 Å². The molecule has 0 radical (unpaired) electrons. The molecule has 43 heavy (non-hydrogen) atoms. The molecule has 2 aromatic carbocycles. The highest BCUT2D eigenvalue weighted by Gasteiger charge is 2.45. The third kappa shape index (κ3) is 6.64. The number of pyridine rings is 1. The third-order valence-corrected chi connectivity index (χ3v) is 9.13. The first-order valence-corrected chi connectivity index (χ1v) is 15.4. The first kappa shape index (κ1) is 29.4. The lowest BCUT2D eigenvalue weighted by molar-refractivity contribution is 0.0493. The van der Waals surface area contributed by atoms with Crippen molar-refractivity contribution in [1.29, 1.82) is 0 Å². The number of carbonyl (C=O) groups is 2. The largest absolute Gasteiger partial charge is 0.478 e. The second kappa shape index (κ2) is 12.9. The molecule has 0 bridgehead atoms. The van der Waals surface area contributed by atoms with Gasteiger partial charge in [-0.05, 0) is 68.5 Å². The summed E-state index contributed by atoms with van der Waals surface area (Å²) >= 11 is 6.56. The average molecular weight is 605 g/mol. The number of carbonyl (C=O) groups excluding carboxylic acids is 1. The monoisotopic (exact) mass is 604 g/mol. The second-order valence-corrected chi connectivity index (χ2v) is 12.0. The minimum Gasteiger partial charge on any atom is -0.478 e. The zero-order valence-corrected chi connectivity index (χ0v) is 25.1. The summed E-state index contributed by atoms with van der Waals surface area (Å²) in [6, 6.07) is 19.1. The number of rotatable bonds is 8. The molecule has 3 aliphatic rings. The number of aromatic nitrogens is 1. The van der Waals surface area contributed by atoms with Crippen LogP contribution in [0.3, 0.4) is 0 Å². The Hall–Kier alpha value is -3.66. The van der Waals surface area contributed by atoms with Gasteiger partial charge >= 0.3 is 12.0 Å². The van der Waals surface area contributed by atoms with Crippen molar-refractivity contribution < 1.29 is 24.2 Å². The van der Waals surface area contributed by atoms with Crippen LogP contribution in [0.25, 0.3) is 0 Å². The van der Waals surface area contributed by atoms with E-state index in [4.69, 9.17) is 26.2 Å². The van der Waals surface area contributed by atoms with Crippen LogP contribution in [0.15, 0.2) is 60.7 Å². The van der Waals surface area contributed by atoms with Gasteiger partial charge in [-0.25, -0.2) is 14.6 Å². The van der Waals surface area contributed by atoms with E-state index in [1.54, 1.807) is 18.2 Å². The van der Waals surface area contributed by atoms with Crippen LogP contribution in [0.1, 0.15) is 58.8 Å². The van der Waals surface area contributed by atoms with Gasteiger partial charge in [0.25, 0.3) is 0 Å². The van der Waals surface area contributed by atoms with Gasteiger partial charge < -0.3 is 24.4 Å². The second-order valence-electron chi connectivity index (χ2n) is 11.7. The number of amides is 2. The van der Waals surface area contributed by atoms with Gasteiger partial charge in [0.1, 0.15) is 10.9 Å². The number of benzene rings is 2. The van der Waals surface area contributed by atoms with E-state index in [9.17, 15) is 9.59 Å². The molecule has 0 spiro atoms. The van der Waals surface area contributed by atoms with Crippen molar-refractivity contribution in [3.63, 3.8) is 0 Å². The predicted molar refractivity (Wildman–Crippen MR) is 163 cm³/mol. The lowest BCUT2D eigenvalue weighted by atomic mass is 9.98. The van der Waals surface area contributed by atoms with Gasteiger partial charge in [-0.2, -0.15) is 0 Å². The number of nitrogens with zero attached hydrogens (tertiary/aromatic N) is 4. The highest BCUT2D eigenvalue weighted by Crippen LogP contribution is 2.37. The zero-order valence-electron chi connectivity index (χ0n) is 24.3. The fourth-order valence-corrected chi connectivity index (χ4v) is 6.70. The maximum atomic E-state index is 13.9. The van der Waals surface area contributed by atoms with Crippen LogP contribution in [0, 0.1) is 6.92 Å². The van der Waals surface area contributed by atoms with Crippen LogP contribution in [-0.4, -0.2) is 81.7 Å². The van der Waals surface area contributed by atoms with Gasteiger partial charge in [-0.3, -0.25) is 4.90 Å². The van der Waals surface area contributed by atoms with Crippen molar-refractivity contribution in [2.24, 2.45) is 0 Å². The molecule has 4 heterocycles. The lowest BCUT2D eigenvalue weighted by Crippen LogP contribution is -2.48. The van der Waals surface area contributed by atoms with Crippen LogP contribution in [0.2, 0.25) is 5.15 Å². The van der Waals surface area contributed by atoms with E-state index in [2.05, 4.69) is 50.9 Å². The number of ether oxygens (including phenoxy) is 2. The molecule has 10 heteroatoms. The van der Waals surface area contributed by atoms with Gasteiger partial charge in [0.05, 0.1) is 11.6 Å². The van der Waals surface area contributed by atoms with E-state index in [0.29, 0.717) is 36.5 Å². The van der Waals surface area contributed by atoms with E-state index in [1.165, 1.54) is 23.3 Å². The number of aryl methyl sites for hydroxylation is 1. The smallest absolute Gasteiger partial charge is 0.335 e. The Morgan fingerprint density at radius 1 is 1.02 bits per heavy atom. The molecule has 3 fully saturated rings. The molecule has 1 atom stereocenters. The molecule has 6 rings (SSSR count). The number of hydrogen-bond acceptors (Lipinski definition) is 6. The van der Waals surface area contributed by atoms with Crippen molar-refractivity contribution in [3.05, 3.63) is 88.1 Å². The number of likely N-dealkylation sites (tertiary alicyclic amines) is 1. The molecule has 3 aliphatic heterocycles. The molecule has 1 unspecified atom stereocenters. The number of carboxylic acids is 1. The Labute approximate surface area is 257 Å². The molecule has 2 amide bonds. The number of hydrogen-bond donors (Lipinski definition) is 1. The minimum absolute atomic E-state index is 0.0540. The molecule has 1 aromatic heterocycles. The normalized spacial score (nSPS) is 20.5. The van der Waals surface area contributed by atoms with Crippen LogP contribution < -0.4 is 4.74 Å². The molecule has 226 valence electrons. The quantitative estimate of drug-likeness (QED) is 0.308. The number of piperidine rings is 1. The zero-order chi connectivity index (χ0) is 29.9. The standard InChI is InChI=1S/C33H37ClN4O5/c1-22-3-2-4-24(19-22)29-21-37(26-13-17-42-18-14-26)33(41)38(29)27-11-15-36(16-12-27)20-25-7-10-30(35-31(25)34)43-28-8-5-23(6-9-28)32(39)40/h2-10,19,26-27,29H,11-18,20-21H2,1H3,(H,39,40). The number of urea groups is 1. The van der Waals surface area contributed by atoms with E-state index < -0.39 is 5.97 Å². The number of halogens is 1. The fourth-order valence-electron chi connectivity index (χ4n) is 6.49. The molecular formula is C33H37ClN4O5. The molecule has 3 aromatic rings. The molecule has 1 N–H and O–H groups in total. The van der Waals surface area contributed by atoms with Crippen LogP contribution in [-0.2, 0) is 11.3 Å². The first-order valence-electron chi connectivity index (χ1n) is 15.0. The van der Waals surface area contributed by atoms with Gasteiger partial charge in [0.2, 0.25) is 5.88 Å². The van der Waals surface area contributed by atoms with E-state index in [1.807, 2.05) is 6.07 Å². The molecule has 9 nitrogen and oxygen atoms in total. The summed E-state index contributed by atoms with van der Waals surface area (Å²) in [7, 11) is 0. The number of aromatic carboxylic acids is 1. The van der Waals surface area contributed by atoms with Crippen molar-refractivity contribution in [2.75, 3.05) is 32.8 Å². The fraction of sp³-hybridized carbons (Fsp3) is 0.424. The summed E-state index contributed by atoms with van der Waals surface area (Å²) < 4.78 is 11.4. The van der Waals surface area contributed by atoms with E-state index in [-0.39, 0.29) is 29.7 Å². The van der Waals surface area contributed by atoms with Gasteiger partial charge in [0.15, 0.2) is 0 Å². The van der Waals surface area contributed by atoms with Crippen LogP contribution in [0.5, 0.6) is 11.6 Å². The van der Waals surface area contributed by atoms with Gasteiger partial charge in [-0.1, -0.05) is 41.4 Å². The summed E-state index contributed by atoms with van der Waals surface area (Å²) in [5.41, 5.74) is 3.52. The van der Waals surface area contributed by atoms with Gasteiger partial charge in [0, 0.05) is 63.1 Å². The Balaban J connectivity index is 1.09. The topological polar surface area (TPSA) is 95.4 Å². The molecular weight excluding hydrogens is 568 g/mol. The minimum atomic E-state index is -0.990. The van der Waals surface area contributed by atoms with Crippen LogP contribution >= 0.6 is 11.6 Å². The van der Waals surface area contributed by atoms with Crippen molar-refractivity contribution in [1.82, 2.24) is 19.7 Å². The Morgan fingerprint density at radius 2 is 1.77 bits per heavy atom. The van der Waals surface area contributed by atoms with Crippen molar-refractivity contribution in [3.8, 4) is 11.6 Å². The van der Waals surface area contributed by atoms with E-state index in [0.717, 1.165) is 50.9 Å². The highest BCUT2D eigenvalue weighted by molar-refractivity contribution is 6.30. The van der Waals surface area contributed by atoms with E-state index >= 15 is 0 Å². The molecule has 3 saturated heterocycles. The summed E-state index contributed by atoms with van der Waals surface area (Å²) in [5, 5.41) is 9.46. The predicted octanol–water partition coefficient (Wildman–Crippen LogP) is 6.16. The Kier molecular flexibility index (Phi) is 8.83. The van der Waals surface area contributed by atoms with Crippen molar-refractivity contribution >= 4 is 23.6 Å². The Morgan fingerprint density at radius 3 is 2.44 bits per heavy atom. The van der Waals surface area contributed by atoms with Gasteiger partial charge in [-0.15, -0.1) is 0 Å². The summed E-state index contributed by atoms with van der Waals surface area (Å²) in [4.78, 5) is 36.1. The third-order valence-electron chi connectivity index (χ3n) is 8.80. The lowest BCUT2D eigenvalue weighted by Gasteiger charge is -2.39. The molecule has 0 aliphatic carbocycles. The Bertz CT molecular complexity index is 1450. The summed E-state index contributed by atoms with van der Waals surface area (Å²) in [6.45, 7) is 6.64. The maximum Gasteiger partial charge on any atom is 0.335 e. The highest BCUT2D eigenvalue weighted by atomic mass is 35.5. The average Bonchev–Trinajstić information content (AvgIpc) is 3.36. The molecule has 0 saturated carbocycles. The summed E-state index contributed by atoms with van der Waals surface area (Å²) in [6.07, 6.45) is 3.59. The summed E-state index contributed by atoms with van der Waals surface area (Å²) in [5.74, 6) is -0.158. The first-order chi connectivity index (χ1) is 20.9. The maximum absolute atomic E-state index is 13.9. The van der Waals surface area contributed by atoms with Crippen molar-refractivity contribution in [2.45, 2.75) is 57.3 Å². The SMILES string of the molecule is Cc1cccc(C2CN(C3CCOCC3)C(=O)N2C2CCN(Cc3ccc(Oc4ccc(C(=O)O)cc4)nc3Cl)CC2)c1. The number of carboxylic acid groups (broad SMARTS) is 1.